The van der Waals surface area contributed by atoms with E-state index in [1.54, 1.807) is 6.07 Å². The number of ether oxygens (including phenoxy) is 1. The summed E-state index contributed by atoms with van der Waals surface area (Å²) in [5, 5.41) is 3.33. The highest BCUT2D eigenvalue weighted by Gasteiger charge is 2.29. The molecule has 0 spiro atoms. The lowest BCUT2D eigenvalue weighted by Crippen LogP contribution is -2.42. The third kappa shape index (κ3) is 4.53. The van der Waals surface area contributed by atoms with Gasteiger partial charge in [0, 0.05) is 57.3 Å². The van der Waals surface area contributed by atoms with Crippen molar-refractivity contribution in [2.75, 3.05) is 45.9 Å². The summed E-state index contributed by atoms with van der Waals surface area (Å²) in [6.45, 7) is 8.21. The van der Waals surface area contributed by atoms with Gasteiger partial charge in [-0.1, -0.05) is 17.7 Å². The van der Waals surface area contributed by atoms with E-state index in [9.17, 15) is 9.18 Å². The third-order valence-electron chi connectivity index (χ3n) is 4.79. The minimum atomic E-state index is -0.193. The zero-order valence-electron chi connectivity index (χ0n) is 14.3. The van der Waals surface area contributed by atoms with Crippen LogP contribution in [0, 0.1) is 12.7 Å². The van der Waals surface area contributed by atoms with Gasteiger partial charge in [0.25, 0.3) is 0 Å². The summed E-state index contributed by atoms with van der Waals surface area (Å²) in [6.07, 6.45) is 0.497. The Morgan fingerprint density at radius 2 is 2.08 bits per heavy atom. The molecule has 3 rings (SSSR count). The number of carbonyl (C=O) groups is 1. The Bertz CT molecular complexity index is 575. The van der Waals surface area contributed by atoms with Crippen LogP contribution >= 0.6 is 0 Å². The molecule has 1 aromatic carbocycles. The number of hydrogen-bond donors (Lipinski definition) is 1. The van der Waals surface area contributed by atoms with E-state index in [1.807, 2.05) is 17.9 Å². The van der Waals surface area contributed by atoms with Gasteiger partial charge < -0.3 is 15.0 Å². The van der Waals surface area contributed by atoms with Crippen LogP contribution in [0.5, 0.6) is 0 Å². The van der Waals surface area contributed by atoms with Gasteiger partial charge in [-0.25, -0.2) is 4.39 Å². The van der Waals surface area contributed by atoms with Crippen LogP contribution in [-0.2, 0) is 16.1 Å². The first-order chi connectivity index (χ1) is 11.6. The van der Waals surface area contributed by atoms with Crippen molar-refractivity contribution in [2.24, 2.45) is 0 Å². The zero-order valence-corrected chi connectivity index (χ0v) is 14.3. The molecule has 1 amide bonds. The summed E-state index contributed by atoms with van der Waals surface area (Å²) in [7, 11) is 0. The molecule has 2 fully saturated rings. The van der Waals surface area contributed by atoms with E-state index < -0.39 is 0 Å². The fourth-order valence-electron chi connectivity index (χ4n) is 3.31. The first-order valence-corrected chi connectivity index (χ1v) is 8.68. The van der Waals surface area contributed by atoms with E-state index in [0.29, 0.717) is 25.1 Å². The van der Waals surface area contributed by atoms with Gasteiger partial charge in [-0.3, -0.25) is 9.69 Å². The molecular weight excluding hydrogens is 309 g/mol. The molecule has 0 aliphatic carbocycles. The zero-order chi connectivity index (χ0) is 16.9. The topological polar surface area (TPSA) is 44.8 Å². The molecule has 0 aromatic heterocycles. The Balaban J connectivity index is 1.45. The van der Waals surface area contributed by atoms with Crippen molar-refractivity contribution in [3.63, 3.8) is 0 Å². The molecule has 1 N–H and O–H groups in total. The van der Waals surface area contributed by atoms with Gasteiger partial charge in [0.05, 0.1) is 13.2 Å². The lowest BCUT2D eigenvalue weighted by atomic mass is 10.1. The number of amides is 1. The first-order valence-electron chi connectivity index (χ1n) is 8.68. The molecule has 6 heteroatoms. The monoisotopic (exact) mass is 335 g/mol. The van der Waals surface area contributed by atoms with Gasteiger partial charge in [-0.15, -0.1) is 0 Å². The highest BCUT2D eigenvalue weighted by Crippen LogP contribution is 2.14. The molecule has 1 atom stereocenters. The fraction of sp³-hybridized carbons (Fsp3) is 0.611. The molecule has 2 heterocycles. The molecule has 5 nitrogen and oxygen atoms in total. The van der Waals surface area contributed by atoms with E-state index in [0.717, 1.165) is 45.0 Å². The molecule has 1 aromatic rings. The van der Waals surface area contributed by atoms with Gasteiger partial charge in [0.1, 0.15) is 5.82 Å². The standard InChI is InChI=1S/C18H26FN3O2/c1-14-2-3-17(19)15(10-14)12-20-16-11-18(23)22(13-16)5-4-21-6-8-24-9-7-21/h2-3,10,16,20H,4-9,11-13H2,1H3/t16-/m1/s1. The van der Waals surface area contributed by atoms with E-state index in [2.05, 4.69) is 10.2 Å². The number of morpholine rings is 1. The van der Waals surface area contributed by atoms with E-state index in [1.165, 1.54) is 6.07 Å². The molecule has 0 bridgehead atoms. The van der Waals surface area contributed by atoms with Crippen LogP contribution in [0.15, 0.2) is 18.2 Å². The van der Waals surface area contributed by atoms with Crippen molar-refractivity contribution in [1.82, 2.24) is 15.1 Å². The SMILES string of the molecule is Cc1ccc(F)c(CN[C@@H]2CC(=O)N(CCN3CCOCC3)C2)c1. The first kappa shape index (κ1) is 17.3. The maximum absolute atomic E-state index is 13.8. The van der Waals surface area contributed by atoms with Crippen LogP contribution in [0.25, 0.3) is 0 Å². The summed E-state index contributed by atoms with van der Waals surface area (Å²) in [5.41, 5.74) is 1.71. The number of hydrogen-bond acceptors (Lipinski definition) is 4. The van der Waals surface area contributed by atoms with Gasteiger partial charge >= 0.3 is 0 Å². The van der Waals surface area contributed by atoms with Crippen molar-refractivity contribution in [1.29, 1.82) is 0 Å². The molecule has 2 saturated heterocycles. The minimum Gasteiger partial charge on any atom is -0.379 e. The molecule has 0 unspecified atom stereocenters. The predicted molar refractivity (Wildman–Crippen MR) is 90.2 cm³/mol. The van der Waals surface area contributed by atoms with Crippen molar-refractivity contribution < 1.29 is 13.9 Å². The van der Waals surface area contributed by atoms with Crippen molar-refractivity contribution in [2.45, 2.75) is 25.9 Å². The summed E-state index contributed by atoms with van der Waals surface area (Å²) >= 11 is 0. The average Bonchev–Trinajstić information content (AvgIpc) is 2.95. The summed E-state index contributed by atoms with van der Waals surface area (Å²) in [6, 6.07) is 5.23. The van der Waals surface area contributed by atoms with Crippen LogP contribution < -0.4 is 5.32 Å². The summed E-state index contributed by atoms with van der Waals surface area (Å²) in [4.78, 5) is 16.4. The van der Waals surface area contributed by atoms with Gasteiger partial charge in [-0.2, -0.15) is 0 Å². The molecule has 132 valence electrons. The second-order valence-electron chi connectivity index (χ2n) is 6.67. The molecule has 24 heavy (non-hydrogen) atoms. The van der Waals surface area contributed by atoms with Crippen molar-refractivity contribution in [3.05, 3.63) is 35.1 Å². The summed E-state index contributed by atoms with van der Waals surface area (Å²) < 4.78 is 19.1. The smallest absolute Gasteiger partial charge is 0.224 e. The number of aryl methyl sites for hydroxylation is 1. The van der Waals surface area contributed by atoms with Gasteiger partial charge in [0.2, 0.25) is 5.91 Å². The number of benzene rings is 1. The number of halogens is 1. The maximum Gasteiger partial charge on any atom is 0.224 e. The second kappa shape index (κ2) is 8.05. The minimum absolute atomic E-state index is 0.0992. The third-order valence-corrected chi connectivity index (χ3v) is 4.79. The number of rotatable bonds is 6. The quantitative estimate of drug-likeness (QED) is 0.847. The van der Waals surface area contributed by atoms with Crippen LogP contribution in [-0.4, -0.2) is 67.7 Å². The predicted octanol–water partition coefficient (Wildman–Crippen LogP) is 1.16. The second-order valence-corrected chi connectivity index (χ2v) is 6.67. The van der Waals surface area contributed by atoms with E-state index >= 15 is 0 Å². The Morgan fingerprint density at radius 1 is 1.29 bits per heavy atom. The van der Waals surface area contributed by atoms with Crippen molar-refractivity contribution in [3.8, 4) is 0 Å². The number of carbonyl (C=O) groups excluding carboxylic acids is 1. The molecule has 0 radical (unpaired) electrons. The van der Waals surface area contributed by atoms with E-state index in [-0.39, 0.29) is 17.8 Å². The van der Waals surface area contributed by atoms with Crippen LogP contribution in [0.2, 0.25) is 0 Å². The molecular formula is C18H26FN3O2. The molecule has 2 aliphatic rings. The summed E-state index contributed by atoms with van der Waals surface area (Å²) in [5.74, 6) is -0.00734. The molecule has 0 saturated carbocycles. The largest absolute Gasteiger partial charge is 0.379 e. The number of nitrogens with zero attached hydrogens (tertiary/aromatic N) is 2. The Labute approximate surface area is 142 Å². The molecule has 2 aliphatic heterocycles. The van der Waals surface area contributed by atoms with Crippen LogP contribution in [0.4, 0.5) is 4.39 Å². The van der Waals surface area contributed by atoms with E-state index in [4.69, 9.17) is 4.74 Å². The highest BCUT2D eigenvalue weighted by atomic mass is 19.1. The van der Waals surface area contributed by atoms with Gasteiger partial charge in [-0.05, 0) is 13.0 Å². The Morgan fingerprint density at radius 3 is 2.88 bits per heavy atom. The lowest BCUT2D eigenvalue weighted by molar-refractivity contribution is -0.128. The fourth-order valence-corrected chi connectivity index (χ4v) is 3.31. The maximum atomic E-state index is 13.8. The highest BCUT2D eigenvalue weighted by molar-refractivity contribution is 5.79. The number of likely N-dealkylation sites (tertiary alicyclic amines) is 1. The Kier molecular flexibility index (Phi) is 5.81. The van der Waals surface area contributed by atoms with Crippen LogP contribution in [0.1, 0.15) is 17.5 Å². The van der Waals surface area contributed by atoms with Crippen molar-refractivity contribution >= 4 is 5.91 Å². The lowest BCUT2D eigenvalue weighted by Gasteiger charge is -2.28. The average molecular weight is 335 g/mol. The number of nitrogens with one attached hydrogen (secondary N) is 1. The van der Waals surface area contributed by atoms with Gasteiger partial charge in [0.15, 0.2) is 0 Å². The Hall–Kier alpha value is -1.50. The normalized spacial score (nSPS) is 22.3. The van der Waals surface area contributed by atoms with Crippen LogP contribution in [0.3, 0.4) is 0 Å².